The first-order valence-corrected chi connectivity index (χ1v) is 11.4. The Balaban J connectivity index is 1.32. The summed E-state index contributed by atoms with van der Waals surface area (Å²) in [5.41, 5.74) is 0.613. The Morgan fingerprint density at radius 1 is 1.09 bits per heavy atom. The first kappa shape index (κ1) is 22.3. The van der Waals surface area contributed by atoms with E-state index in [0.29, 0.717) is 34.9 Å². The third kappa shape index (κ3) is 5.45. The minimum Gasteiger partial charge on any atom is -0.465 e. The number of rotatable bonds is 5. The zero-order valence-corrected chi connectivity index (χ0v) is 18.5. The molecule has 0 spiro atoms. The maximum absolute atomic E-state index is 12.4. The lowest BCUT2D eigenvalue weighted by Crippen LogP contribution is -2.50. The molecule has 9 heteroatoms. The highest BCUT2D eigenvalue weighted by atomic mass is 16.5. The summed E-state index contributed by atoms with van der Waals surface area (Å²) < 4.78 is 4.75. The van der Waals surface area contributed by atoms with Crippen LogP contribution in [0.1, 0.15) is 61.1 Å². The van der Waals surface area contributed by atoms with E-state index in [2.05, 4.69) is 25.5 Å². The number of hydrogen-bond donors (Lipinski definition) is 3. The minimum atomic E-state index is -0.461. The Kier molecular flexibility index (Phi) is 7.04. The molecule has 1 aliphatic heterocycles. The number of carbonyl (C=O) groups is 2. The molecule has 1 aliphatic carbocycles. The lowest BCUT2D eigenvalue weighted by molar-refractivity contribution is 0.0601. The van der Waals surface area contributed by atoms with Gasteiger partial charge in [-0.2, -0.15) is 0 Å². The molecule has 9 nitrogen and oxygen atoms in total. The van der Waals surface area contributed by atoms with Crippen LogP contribution < -0.4 is 16.2 Å². The maximum Gasteiger partial charge on any atom is 0.337 e. The van der Waals surface area contributed by atoms with Gasteiger partial charge in [0.05, 0.1) is 30.1 Å². The van der Waals surface area contributed by atoms with E-state index >= 15 is 0 Å². The Hall–Kier alpha value is -2.94. The first-order chi connectivity index (χ1) is 15.5. The Bertz CT molecular complexity index is 1020. The molecule has 172 valence electrons. The summed E-state index contributed by atoms with van der Waals surface area (Å²) in [4.78, 5) is 46.1. The molecule has 2 fully saturated rings. The summed E-state index contributed by atoms with van der Waals surface area (Å²) >= 11 is 0. The molecule has 0 unspecified atom stereocenters. The zero-order valence-electron chi connectivity index (χ0n) is 18.5. The molecule has 2 amide bonds. The molecule has 1 saturated carbocycles. The van der Waals surface area contributed by atoms with Crippen LogP contribution in [0, 0.1) is 0 Å². The van der Waals surface area contributed by atoms with Crippen LogP contribution in [-0.2, 0) is 11.3 Å². The van der Waals surface area contributed by atoms with Gasteiger partial charge in [0.1, 0.15) is 5.82 Å². The SMILES string of the molecule is COC(=O)c1ccc2c(=O)[nH]c(CN3CCC(NC(=O)NC4CCCCC4)CC3)nc2c1. The van der Waals surface area contributed by atoms with E-state index in [-0.39, 0.29) is 17.6 Å². The number of benzene rings is 1. The number of ether oxygens (including phenoxy) is 1. The van der Waals surface area contributed by atoms with Crippen LogP contribution in [0.15, 0.2) is 23.0 Å². The third-order valence-electron chi connectivity index (χ3n) is 6.41. The van der Waals surface area contributed by atoms with Crippen LogP contribution in [0.2, 0.25) is 0 Å². The fraction of sp³-hybridized carbons (Fsp3) is 0.565. The number of aromatic nitrogens is 2. The van der Waals surface area contributed by atoms with E-state index in [0.717, 1.165) is 38.8 Å². The van der Waals surface area contributed by atoms with Crippen molar-refractivity contribution in [2.75, 3.05) is 20.2 Å². The average molecular weight is 442 g/mol. The summed E-state index contributed by atoms with van der Waals surface area (Å²) in [6.45, 7) is 2.12. The molecular weight excluding hydrogens is 410 g/mol. The molecule has 0 radical (unpaired) electrons. The zero-order chi connectivity index (χ0) is 22.5. The van der Waals surface area contributed by atoms with Crippen molar-refractivity contribution in [2.24, 2.45) is 0 Å². The van der Waals surface area contributed by atoms with Crippen LogP contribution in [0.25, 0.3) is 10.9 Å². The van der Waals surface area contributed by atoms with Gasteiger partial charge in [0, 0.05) is 25.2 Å². The number of hydrogen-bond acceptors (Lipinski definition) is 6. The van der Waals surface area contributed by atoms with Crippen molar-refractivity contribution in [3.05, 3.63) is 39.9 Å². The Labute approximate surface area is 186 Å². The van der Waals surface area contributed by atoms with Crippen LogP contribution in [0.3, 0.4) is 0 Å². The third-order valence-corrected chi connectivity index (χ3v) is 6.41. The van der Waals surface area contributed by atoms with Gasteiger partial charge in [-0.15, -0.1) is 0 Å². The van der Waals surface area contributed by atoms with E-state index < -0.39 is 5.97 Å². The van der Waals surface area contributed by atoms with Crippen LogP contribution in [0.4, 0.5) is 4.79 Å². The number of methoxy groups -OCH3 is 1. The van der Waals surface area contributed by atoms with E-state index in [1.807, 2.05) is 0 Å². The molecule has 1 saturated heterocycles. The fourth-order valence-corrected chi connectivity index (χ4v) is 4.61. The van der Waals surface area contributed by atoms with Crippen molar-refractivity contribution in [3.63, 3.8) is 0 Å². The van der Waals surface area contributed by atoms with Gasteiger partial charge in [-0.1, -0.05) is 19.3 Å². The smallest absolute Gasteiger partial charge is 0.337 e. The second-order valence-electron chi connectivity index (χ2n) is 8.74. The summed E-state index contributed by atoms with van der Waals surface area (Å²) in [5.74, 6) is 0.101. The van der Waals surface area contributed by atoms with E-state index in [9.17, 15) is 14.4 Å². The molecule has 2 aliphatic rings. The normalized spacial score (nSPS) is 18.4. The molecular formula is C23H31N5O4. The van der Waals surface area contributed by atoms with Gasteiger partial charge < -0.3 is 20.4 Å². The molecule has 2 aromatic rings. The second kappa shape index (κ2) is 10.1. The number of nitrogens with zero attached hydrogens (tertiary/aromatic N) is 2. The number of piperidine rings is 1. The quantitative estimate of drug-likeness (QED) is 0.613. The van der Waals surface area contributed by atoms with Gasteiger partial charge in [-0.25, -0.2) is 14.6 Å². The average Bonchev–Trinajstić information content (AvgIpc) is 2.80. The molecule has 0 bridgehead atoms. The standard InChI is InChI=1S/C23H31N5O4/c1-32-22(30)15-7-8-18-19(13-15)26-20(27-21(18)29)14-28-11-9-17(10-12-28)25-23(31)24-16-5-3-2-4-6-16/h7-8,13,16-17H,2-6,9-12,14H2,1H3,(H2,24,25,31)(H,26,27,29). The summed E-state index contributed by atoms with van der Waals surface area (Å²) in [7, 11) is 1.32. The predicted octanol–water partition coefficient (Wildman–Crippen LogP) is 2.31. The highest BCUT2D eigenvalue weighted by molar-refractivity contribution is 5.93. The topological polar surface area (TPSA) is 116 Å². The van der Waals surface area contributed by atoms with Crippen molar-refractivity contribution >= 4 is 22.9 Å². The first-order valence-electron chi connectivity index (χ1n) is 11.4. The monoisotopic (exact) mass is 441 g/mol. The number of esters is 1. The fourth-order valence-electron chi connectivity index (χ4n) is 4.61. The minimum absolute atomic E-state index is 0.0581. The van der Waals surface area contributed by atoms with Crippen molar-refractivity contribution in [3.8, 4) is 0 Å². The summed E-state index contributed by atoms with van der Waals surface area (Å²) in [5, 5.41) is 6.66. The van der Waals surface area contributed by atoms with Gasteiger partial charge in [-0.3, -0.25) is 9.69 Å². The number of nitrogens with one attached hydrogen (secondary N) is 3. The Morgan fingerprint density at radius 3 is 2.47 bits per heavy atom. The number of likely N-dealkylation sites (tertiary alicyclic amines) is 1. The van der Waals surface area contributed by atoms with Crippen LogP contribution >= 0.6 is 0 Å². The largest absolute Gasteiger partial charge is 0.465 e. The molecule has 2 heterocycles. The van der Waals surface area contributed by atoms with Gasteiger partial charge in [0.25, 0.3) is 5.56 Å². The highest BCUT2D eigenvalue weighted by Gasteiger charge is 2.23. The number of carbonyl (C=O) groups excluding carboxylic acids is 2. The van der Waals surface area contributed by atoms with Crippen molar-refractivity contribution in [1.29, 1.82) is 0 Å². The summed E-state index contributed by atoms with van der Waals surface area (Å²) in [6.07, 6.45) is 7.50. The van der Waals surface area contributed by atoms with E-state index in [4.69, 9.17) is 4.74 Å². The molecule has 1 aromatic heterocycles. The lowest BCUT2D eigenvalue weighted by Gasteiger charge is -2.32. The Morgan fingerprint density at radius 2 is 1.78 bits per heavy atom. The van der Waals surface area contributed by atoms with Crippen LogP contribution in [0.5, 0.6) is 0 Å². The number of aromatic amines is 1. The molecule has 1 aromatic carbocycles. The molecule has 3 N–H and O–H groups in total. The number of amides is 2. The van der Waals surface area contributed by atoms with E-state index in [1.54, 1.807) is 18.2 Å². The summed E-state index contributed by atoms with van der Waals surface area (Å²) in [6, 6.07) is 5.14. The molecule has 0 atom stereocenters. The lowest BCUT2D eigenvalue weighted by atomic mass is 9.96. The van der Waals surface area contributed by atoms with Crippen molar-refractivity contribution < 1.29 is 14.3 Å². The van der Waals surface area contributed by atoms with Gasteiger partial charge in [0.2, 0.25) is 0 Å². The highest BCUT2D eigenvalue weighted by Crippen LogP contribution is 2.18. The predicted molar refractivity (Wildman–Crippen MR) is 121 cm³/mol. The second-order valence-corrected chi connectivity index (χ2v) is 8.74. The maximum atomic E-state index is 12.4. The van der Waals surface area contributed by atoms with Gasteiger partial charge in [0.15, 0.2) is 0 Å². The number of H-pyrrole nitrogens is 1. The van der Waals surface area contributed by atoms with Crippen molar-refractivity contribution in [1.82, 2.24) is 25.5 Å². The van der Waals surface area contributed by atoms with Gasteiger partial charge in [-0.05, 0) is 43.9 Å². The number of fused-ring (bicyclic) bond motifs is 1. The molecule has 4 rings (SSSR count). The number of urea groups is 1. The van der Waals surface area contributed by atoms with Crippen LogP contribution in [-0.4, -0.2) is 59.2 Å². The molecule has 32 heavy (non-hydrogen) atoms. The van der Waals surface area contributed by atoms with E-state index in [1.165, 1.54) is 26.4 Å². The van der Waals surface area contributed by atoms with Gasteiger partial charge >= 0.3 is 12.0 Å². The van der Waals surface area contributed by atoms with Crippen molar-refractivity contribution in [2.45, 2.75) is 63.6 Å².